The van der Waals surface area contributed by atoms with E-state index in [1.54, 1.807) is 30.6 Å². The van der Waals surface area contributed by atoms with Crippen LogP contribution in [0.15, 0.2) is 54.9 Å². The molecule has 3 rings (SSSR count). The van der Waals surface area contributed by atoms with Crippen molar-refractivity contribution in [2.75, 3.05) is 13.2 Å². The number of hydrogen-bond donors (Lipinski definition) is 0. The Labute approximate surface area is 140 Å². The van der Waals surface area contributed by atoms with Crippen LogP contribution in [0.5, 0.6) is 5.75 Å². The van der Waals surface area contributed by atoms with Crippen LogP contribution in [-0.4, -0.2) is 29.2 Å². The highest BCUT2D eigenvalue weighted by Crippen LogP contribution is 2.14. The standard InChI is InChI=1S/C19H18N2O3/c1-2-14-4-3-5-16(12-14)23-10-11-24-19(22)15-6-7-17-18(13-15)21-9-8-20-17/h3-9,12-13H,2,10-11H2,1H3. The van der Waals surface area contributed by atoms with E-state index in [0.29, 0.717) is 17.7 Å². The molecule has 3 aromatic rings. The summed E-state index contributed by atoms with van der Waals surface area (Å²) in [6, 6.07) is 13.0. The predicted molar refractivity (Wildman–Crippen MR) is 91.1 cm³/mol. The average molecular weight is 322 g/mol. The SMILES string of the molecule is CCc1cccc(OCCOC(=O)c2ccc3nccnc3c2)c1. The zero-order valence-corrected chi connectivity index (χ0v) is 13.4. The number of fused-ring (bicyclic) bond motifs is 1. The molecule has 2 aromatic carbocycles. The summed E-state index contributed by atoms with van der Waals surface area (Å²) < 4.78 is 10.8. The van der Waals surface area contributed by atoms with Crippen molar-refractivity contribution in [1.29, 1.82) is 0 Å². The third-order valence-corrected chi connectivity index (χ3v) is 3.60. The highest BCUT2D eigenvalue weighted by Gasteiger charge is 2.08. The topological polar surface area (TPSA) is 61.3 Å². The Morgan fingerprint density at radius 2 is 1.83 bits per heavy atom. The minimum absolute atomic E-state index is 0.188. The second kappa shape index (κ2) is 7.55. The largest absolute Gasteiger partial charge is 0.490 e. The fraction of sp³-hybridized carbons (Fsp3) is 0.211. The van der Waals surface area contributed by atoms with Gasteiger partial charge in [-0.15, -0.1) is 0 Å². The lowest BCUT2D eigenvalue weighted by atomic mass is 10.2. The van der Waals surface area contributed by atoms with Crippen LogP contribution < -0.4 is 4.74 Å². The smallest absolute Gasteiger partial charge is 0.338 e. The summed E-state index contributed by atoms with van der Waals surface area (Å²) >= 11 is 0. The van der Waals surface area contributed by atoms with E-state index in [1.165, 1.54) is 5.56 Å². The van der Waals surface area contributed by atoms with Crippen molar-refractivity contribution >= 4 is 17.0 Å². The summed E-state index contributed by atoms with van der Waals surface area (Å²) in [5, 5.41) is 0. The zero-order valence-electron chi connectivity index (χ0n) is 13.4. The maximum atomic E-state index is 12.1. The molecule has 0 radical (unpaired) electrons. The third kappa shape index (κ3) is 3.87. The van der Waals surface area contributed by atoms with E-state index >= 15 is 0 Å². The highest BCUT2D eigenvalue weighted by atomic mass is 16.6. The summed E-state index contributed by atoms with van der Waals surface area (Å²) in [5.74, 6) is 0.389. The van der Waals surface area contributed by atoms with Crippen LogP contribution >= 0.6 is 0 Å². The molecule has 0 bridgehead atoms. The van der Waals surface area contributed by atoms with Crippen molar-refractivity contribution in [2.45, 2.75) is 13.3 Å². The molecule has 0 spiro atoms. The normalized spacial score (nSPS) is 10.5. The molecular weight excluding hydrogens is 304 g/mol. The van der Waals surface area contributed by atoms with Gasteiger partial charge in [-0.05, 0) is 42.3 Å². The molecule has 0 saturated heterocycles. The number of rotatable bonds is 6. The molecule has 0 aliphatic heterocycles. The van der Waals surface area contributed by atoms with E-state index in [4.69, 9.17) is 9.47 Å². The summed E-state index contributed by atoms with van der Waals surface area (Å²) in [7, 11) is 0. The van der Waals surface area contributed by atoms with E-state index in [9.17, 15) is 4.79 Å². The maximum Gasteiger partial charge on any atom is 0.338 e. The second-order valence-corrected chi connectivity index (χ2v) is 5.25. The van der Waals surface area contributed by atoms with Gasteiger partial charge in [-0.2, -0.15) is 0 Å². The fourth-order valence-electron chi connectivity index (χ4n) is 2.32. The summed E-state index contributed by atoms with van der Waals surface area (Å²) in [5.41, 5.74) is 3.07. The Morgan fingerprint density at radius 3 is 2.67 bits per heavy atom. The van der Waals surface area contributed by atoms with E-state index in [2.05, 4.69) is 23.0 Å². The van der Waals surface area contributed by atoms with E-state index in [1.807, 2.05) is 18.2 Å². The van der Waals surface area contributed by atoms with Gasteiger partial charge in [0.15, 0.2) is 0 Å². The van der Waals surface area contributed by atoms with Crippen LogP contribution in [0.3, 0.4) is 0 Å². The molecule has 0 aliphatic rings. The number of aromatic nitrogens is 2. The molecule has 0 atom stereocenters. The number of ether oxygens (including phenoxy) is 2. The molecular formula is C19H18N2O3. The van der Waals surface area contributed by atoms with E-state index < -0.39 is 5.97 Å². The lowest BCUT2D eigenvalue weighted by Crippen LogP contribution is -2.12. The van der Waals surface area contributed by atoms with Gasteiger partial charge in [-0.1, -0.05) is 19.1 Å². The van der Waals surface area contributed by atoms with Crippen molar-refractivity contribution in [3.05, 3.63) is 66.0 Å². The van der Waals surface area contributed by atoms with Crippen molar-refractivity contribution in [1.82, 2.24) is 9.97 Å². The fourth-order valence-corrected chi connectivity index (χ4v) is 2.32. The Morgan fingerprint density at radius 1 is 1.00 bits per heavy atom. The van der Waals surface area contributed by atoms with Crippen LogP contribution in [0, 0.1) is 0 Å². The van der Waals surface area contributed by atoms with Crippen LogP contribution in [0.2, 0.25) is 0 Å². The van der Waals surface area contributed by atoms with Crippen molar-refractivity contribution < 1.29 is 14.3 Å². The quantitative estimate of drug-likeness (QED) is 0.514. The number of nitrogens with zero attached hydrogens (tertiary/aromatic N) is 2. The van der Waals surface area contributed by atoms with E-state index in [0.717, 1.165) is 17.7 Å². The second-order valence-electron chi connectivity index (χ2n) is 5.25. The Balaban J connectivity index is 1.53. The molecule has 5 heteroatoms. The first kappa shape index (κ1) is 15.9. The van der Waals surface area contributed by atoms with Gasteiger partial charge in [0, 0.05) is 12.4 Å². The molecule has 0 aliphatic carbocycles. The Bertz CT molecular complexity index is 849. The molecule has 122 valence electrons. The Kier molecular flexibility index (Phi) is 5.01. The van der Waals surface area contributed by atoms with Crippen molar-refractivity contribution in [2.24, 2.45) is 0 Å². The van der Waals surface area contributed by atoms with Gasteiger partial charge in [-0.25, -0.2) is 4.79 Å². The molecule has 0 unspecified atom stereocenters. The lowest BCUT2D eigenvalue weighted by Gasteiger charge is -2.08. The molecule has 0 fully saturated rings. The Hall–Kier alpha value is -2.95. The zero-order chi connectivity index (χ0) is 16.8. The monoisotopic (exact) mass is 322 g/mol. The summed E-state index contributed by atoms with van der Waals surface area (Å²) in [6.07, 6.45) is 4.16. The van der Waals surface area contributed by atoms with Crippen LogP contribution in [0.25, 0.3) is 11.0 Å². The van der Waals surface area contributed by atoms with Gasteiger partial charge in [0.2, 0.25) is 0 Å². The summed E-state index contributed by atoms with van der Waals surface area (Å²) in [6.45, 7) is 2.59. The minimum atomic E-state index is -0.395. The van der Waals surface area contributed by atoms with Crippen LogP contribution in [0.4, 0.5) is 0 Å². The molecule has 0 amide bonds. The third-order valence-electron chi connectivity index (χ3n) is 3.60. The highest BCUT2D eigenvalue weighted by molar-refractivity contribution is 5.93. The van der Waals surface area contributed by atoms with Gasteiger partial charge >= 0.3 is 5.97 Å². The molecule has 1 aromatic heterocycles. The van der Waals surface area contributed by atoms with Gasteiger partial charge in [0.1, 0.15) is 19.0 Å². The number of benzene rings is 2. The maximum absolute atomic E-state index is 12.1. The van der Waals surface area contributed by atoms with Gasteiger partial charge in [0.25, 0.3) is 0 Å². The van der Waals surface area contributed by atoms with Gasteiger partial charge < -0.3 is 9.47 Å². The van der Waals surface area contributed by atoms with Gasteiger partial charge in [0.05, 0.1) is 16.6 Å². The molecule has 0 saturated carbocycles. The van der Waals surface area contributed by atoms with E-state index in [-0.39, 0.29) is 6.61 Å². The lowest BCUT2D eigenvalue weighted by molar-refractivity contribution is 0.0450. The number of carbonyl (C=O) groups is 1. The number of hydrogen-bond acceptors (Lipinski definition) is 5. The van der Waals surface area contributed by atoms with Crippen molar-refractivity contribution in [3.8, 4) is 5.75 Å². The van der Waals surface area contributed by atoms with Gasteiger partial charge in [-0.3, -0.25) is 9.97 Å². The summed E-state index contributed by atoms with van der Waals surface area (Å²) in [4.78, 5) is 20.4. The molecule has 5 nitrogen and oxygen atoms in total. The minimum Gasteiger partial charge on any atom is -0.490 e. The first-order valence-corrected chi connectivity index (χ1v) is 7.86. The molecule has 0 N–H and O–H groups in total. The average Bonchev–Trinajstić information content (AvgIpc) is 2.64. The molecule has 24 heavy (non-hydrogen) atoms. The molecule has 1 heterocycles. The number of carbonyl (C=O) groups excluding carboxylic acids is 1. The van der Waals surface area contributed by atoms with Crippen molar-refractivity contribution in [3.63, 3.8) is 0 Å². The van der Waals surface area contributed by atoms with Crippen LogP contribution in [0.1, 0.15) is 22.8 Å². The number of aryl methyl sites for hydroxylation is 1. The first-order chi connectivity index (χ1) is 11.8. The first-order valence-electron chi connectivity index (χ1n) is 7.86. The number of esters is 1. The van der Waals surface area contributed by atoms with Crippen LogP contribution in [-0.2, 0) is 11.2 Å². The predicted octanol–water partition coefficient (Wildman–Crippen LogP) is 3.43.